The minimum absolute atomic E-state index is 0.214. The molecule has 146 valence electrons. The first kappa shape index (κ1) is 18.4. The van der Waals surface area contributed by atoms with E-state index in [1.54, 1.807) is 7.11 Å². The Morgan fingerprint density at radius 2 is 1.86 bits per heavy atom. The van der Waals surface area contributed by atoms with Crippen LogP contribution in [0.5, 0.6) is 5.75 Å². The van der Waals surface area contributed by atoms with Crippen LogP contribution in [0.1, 0.15) is 25.0 Å². The lowest BCUT2D eigenvalue weighted by Crippen LogP contribution is -2.51. The number of carbonyl (C=O) groups is 1. The Labute approximate surface area is 166 Å². The van der Waals surface area contributed by atoms with Gasteiger partial charge in [0.25, 0.3) is 0 Å². The Morgan fingerprint density at radius 1 is 1.14 bits per heavy atom. The Balaban J connectivity index is 1.76. The van der Waals surface area contributed by atoms with Gasteiger partial charge < -0.3 is 19.3 Å². The summed E-state index contributed by atoms with van der Waals surface area (Å²) in [6.45, 7) is 4.47. The number of hydrogen-bond donors (Lipinski definition) is 0. The normalized spacial score (nSPS) is 22.2. The standard InChI is InChI=1S/C23H26N2O3/c1-22(2)19-11-10-18(27-5)14-20(19)25-15-21(26)28-23(22,25)13-12-16-6-8-17(9-7-16)24(3)4/h6-14H,15H2,1-5H3. The first-order valence-corrected chi connectivity index (χ1v) is 9.43. The predicted octanol–water partition coefficient (Wildman–Crippen LogP) is 3.83. The SMILES string of the molecule is COc1ccc2c(c1)N1CC(=O)OC1(C=Cc1ccc(N(C)C)cc1)C2(C)C. The molecule has 2 aromatic rings. The molecule has 0 aliphatic carbocycles. The highest BCUT2D eigenvalue weighted by Gasteiger charge is 2.62. The first-order chi connectivity index (χ1) is 13.3. The van der Waals surface area contributed by atoms with Crippen LogP contribution in [-0.4, -0.2) is 39.4 Å². The quantitative estimate of drug-likeness (QED) is 0.757. The van der Waals surface area contributed by atoms with E-state index in [1.165, 1.54) is 0 Å². The highest BCUT2D eigenvalue weighted by atomic mass is 16.6. The molecule has 5 heteroatoms. The Bertz CT molecular complexity index is 947. The molecule has 0 saturated carbocycles. The number of methoxy groups -OCH3 is 1. The van der Waals surface area contributed by atoms with Gasteiger partial charge >= 0.3 is 5.97 Å². The average Bonchev–Trinajstić information content (AvgIpc) is 3.11. The van der Waals surface area contributed by atoms with Crippen LogP contribution < -0.4 is 14.5 Å². The van der Waals surface area contributed by atoms with E-state index in [0.29, 0.717) is 0 Å². The van der Waals surface area contributed by atoms with Gasteiger partial charge in [0.1, 0.15) is 12.3 Å². The van der Waals surface area contributed by atoms with Crippen LogP contribution >= 0.6 is 0 Å². The maximum atomic E-state index is 12.3. The van der Waals surface area contributed by atoms with E-state index in [1.807, 2.05) is 38.4 Å². The second kappa shape index (κ2) is 6.30. The second-order valence-electron chi connectivity index (χ2n) is 8.08. The third-order valence-electron chi connectivity index (χ3n) is 5.93. The number of esters is 1. The largest absolute Gasteiger partial charge is 0.497 e. The summed E-state index contributed by atoms with van der Waals surface area (Å²) in [5.74, 6) is 0.558. The van der Waals surface area contributed by atoms with E-state index in [9.17, 15) is 4.79 Å². The fraction of sp³-hybridized carbons (Fsp3) is 0.348. The maximum Gasteiger partial charge on any atom is 0.328 e. The molecular formula is C23H26N2O3. The maximum absolute atomic E-state index is 12.3. The summed E-state index contributed by atoms with van der Waals surface area (Å²) in [6, 6.07) is 14.3. The van der Waals surface area contributed by atoms with Crippen molar-refractivity contribution < 1.29 is 14.3 Å². The second-order valence-corrected chi connectivity index (χ2v) is 8.08. The summed E-state index contributed by atoms with van der Waals surface area (Å²) in [5, 5.41) is 0. The van der Waals surface area contributed by atoms with Gasteiger partial charge in [-0.15, -0.1) is 0 Å². The fourth-order valence-corrected chi connectivity index (χ4v) is 4.24. The van der Waals surface area contributed by atoms with Crippen LogP contribution in [-0.2, 0) is 14.9 Å². The third-order valence-corrected chi connectivity index (χ3v) is 5.93. The highest BCUT2D eigenvalue weighted by Crippen LogP contribution is 2.56. The number of carbonyl (C=O) groups excluding carboxylic acids is 1. The molecule has 28 heavy (non-hydrogen) atoms. The van der Waals surface area contributed by atoms with E-state index < -0.39 is 11.1 Å². The molecule has 1 fully saturated rings. The van der Waals surface area contributed by atoms with Gasteiger partial charge in [0.15, 0.2) is 0 Å². The van der Waals surface area contributed by atoms with E-state index in [0.717, 1.165) is 28.3 Å². The number of ether oxygens (including phenoxy) is 2. The molecule has 0 radical (unpaired) electrons. The molecule has 0 bridgehead atoms. The Hall–Kier alpha value is -2.95. The Morgan fingerprint density at radius 3 is 2.50 bits per heavy atom. The lowest BCUT2D eigenvalue weighted by Gasteiger charge is -2.38. The predicted molar refractivity (Wildman–Crippen MR) is 112 cm³/mol. The average molecular weight is 378 g/mol. The summed E-state index contributed by atoms with van der Waals surface area (Å²) in [4.78, 5) is 16.4. The lowest BCUT2D eigenvalue weighted by atomic mass is 9.77. The number of hydrogen-bond acceptors (Lipinski definition) is 5. The number of rotatable bonds is 4. The highest BCUT2D eigenvalue weighted by molar-refractivity contribution is 5.86. The smallest absolute Gasteiger partial charge is 0.328 e. The van der Waals surface area contributed by atoms with Gasteiger partial charge in [-0.05, 0) is 49.2 Å². The van der Waals surface area contributed by atoms with Crippen molar-refractivity contribution in [2.24, 2.45) is 0 Å². The van der Waals surface area contributed by atoms with Crippen molar-refractivity contribution in [2.45, 2.75) is 25.0 Å². The lowest BCUT2D eigenvalue weighted by molar-refractivity contribution is -0.147. The van der Waals surface area contributed by atoms with Crippen molar-refractivity contribution in [1.82, 2.24) is 0 Å². The van der Waals surface area contributed by atoms with Crippen LogP contribution in [0.15, 0.2) is 48.5 Å². The van der Waals surface area contributed by atoms with E-state index in [4.69, 9.17) is 9.47 Å². The minimum atomic E-state index is -0.848. The summed E-state index contributed by atoms with van der Waals surface area (Å²) in [5.41, 5.74) is 3.09. The Kier molecular flexibility index (Phi) is 4.14. The molecular weight excluding hydrogens is 352 g/mol. The molecule has 1 saturated heterocycles. The molecule has 4 rings (SSSR count). The zero-order chi connectivity index (χ0) is 20.1. The monoisotopic (exact) mass is 378 g/mol. The van der Waals surface area contributed by atoms with Gasteiger partial charge in [-0.3, -0.25) is 4.79 Å². The number of fused-ring (bicyclic) bond motifs is 3. The molecule has 0 spiro atoms. The zero-order valence-corrected chi connectivity index (χ0v) is 17.0. The van der Waals surface area contributed by atoms with Crippen LogP contribution in [0.2, 0.25) is 0 Å². The summed E-state index contributed by atoms with van der Waals surface area (Å²) in [6.07, 6.45) is 4.06. The van der Waals surface area contributed by atoms with Crippen molar-refractivity contribution in [1.29, 1.82) is 0 Å². The van der Waals surface area contributed by atoms with Gasteiger partial charge in [0, 0.05) is 31.5 Å². The molecule has 1 unspecified atom stereocenters. The number of anilines is 2. The molecule has 0 amide bonds. The van der Waals surface area contributed by atoms with Gasteiger partial charge in [-0.25, -0.2) is 0 Å². The summed E-state index contributed by atoms with van der Waals surface area (Å²) >= 11 is 0. The summed E-state index contributed by atoms with van der Waals surface area (Å²) in [7, 11) is 5.69. The third kappa shape index (κ3) is 2.57. The molecule has 2 heterocycles. The minimum Gasteiger partial charge on any atom is -0.497 e. The van der Waals surface area contributed by atoms with Crippen molar-refractivity contribution in [2.75, 3.05) is 37.5 Å². The summed E-state index contributed by atoms with van der Waals surface area (Å²) < 4.78 is 11.4. The topological polar surface area (TPSA) is 42.0 Å². The number of nitrogens with zero attached hydrogens (tertiary/aromatic N) is 2. The van der Waals surface area contributed by atoms with Crippen molar-refractivity contribution in [3.05, 3.63) is 59.7 Å². The molecule has 5 nitrogen and oxygen atoms in total. The number of benzene rings is 2. The van der Waals surface area contributed by atoms with E-state index in [-0.39, 0.29) is 12.5 Å². The van der Waals surface area contributed by atoms with Gasteiger partial charge in [0.05, 0.1) is 12.5 Å². The van der Waals surface area contributed by atoms with Gasteiger partial charge in [0.2, 0.25) is 5.72 Å². The van der Waals surface area contributed by atoms with Crippen LogP contribution in [0.3, 0.4) is 0 Å². The van der Waals surface area contributed by atoms with Crippen molar-refractivity contribution >= 4 is 23.4 Å². The van der Waals surface area contributed by atoms with Gasteiger partial charge in [-0.2, -0.15) is 0 Å². The van der Waals surface area contributed by atoms with E-state index in [2.05, 4.69) is 54.0 Å². The van der Waals surface area contributed by atoms with E-state index >= 15 is 0 Å². The molecule has 0 N–H and O–H groups in total. The van der Waals surface area contributed by atoms with Crippen LogP contribution in [0, 0.1) is 0 Å². The molecule has 0 aromatic heterocycles. The first-order valence-electron chi connectivity index (χ1n) is 9.43. The molecule has 1 atom stereocenters. The van der Waals surface area contributed by atoms with Crippen molar-refractivity contribution in [3.8, 4) is 5.75 Å². The zero-order valence-electron chi connectivity index (χ0n) is 17.0. The molecule has 2 aromatic carbocycles. The molecule has 2 aliphatic rings. The van der Waals surface area contributed by atoms with Gasteiger partial charge in [-0.1, -0.05) is 24.3 Å². The molecule has 2 aliphatic heterocycles. The van der Waals surface area contributed by atoms with Crippen molar-refractivity contribution in [3.63, 3.8) is 0 Å². The fourth-order valence-electron chi connectivity index (χ4n) is 4.24. The van der Waals surface area contributed by atoms with Crippen LogP contribution in [0.4, 0.5) is 11.4 Å². The van der Waals surface area contributed by atoms with Crippen LogP contribution in [0.25, 0.3) is 6.08 Å².